The fourth-order valence-corrected chi connectivity index (χ4v) is 2.06. The van der Waals surface area contributed by atoms with Crippen molar-refractivity contribution in [3.8, 4) is 0 Å². The van der Waals surface area contributed by atoms with E-state index < -0.39 is 11.9 Å². The van der Waals surface area contributed by atoms with Crippen molar-refractivity contribution >= 4 is 33.5 Å². The number of nitrogens with one attached hydrogen (secondary N) is 1. The number of carboxylic acids is 1. The van der Waals surface area contributed by atoms with Crippen molar-refractivity contribution in [1.82, 2.24) is 10.4 Å². The van der Waals surface area contributed by atoms with Gasteiger partial charge in [0.25, 0.3) is 5.91 Å². The van der Waals surface area contributed by atoms with Crippen molar-refractivity contribution in [2.45, 2.75) is 12.8 Å². The lowest BCUT2D eigenvalue weighted by Gasteiger charge is -2.08. The number of benzene rings is 1. The van der Waals surface area contributed by atoms with Gasteiger partial charge in [-0.25, -0.2) is 5.43 Å². The number of rotatable bonds is 6. The number of amides is 1. The Morgan fingerprint density at radius 2 is 1.87 bits per heavy atom. The number of hydrazone groups is 1. The molecule has 0 fully saturated rings. The van der Waals surface area contributed by atoms with E-state index in [1.165, 1.54) is 6.20 Å². The molecule has 0 spiro atoms. The van der Waals surface area contributed by atoms with Crippen molar-refractivity contribution in [2.75, 3.05) is 0 Å². The summed E-state index contributed by atoms with van der Waals surface area (Å²) in [6.07, 6.45) is 1.46. The predicted octanol–water partition coefficient (Wildman–Crippen LogP) is 1.51. The van der Waals surface area contributed by atoms with Gasteiger partial charge in [-0.15, -0.1) is 0 Å². The van der Waals surface area contributed by atoms with E-state index in [0.29, 0.717) is 5.71 Å². The zero-order chi connectivity index (χ0) is 16.7. The third-order valence-electron chi connectivity index (χ3n) is 2.93. The van der Waals surface area contributed by atoms with Crippen LogP contribution in [-0.2, 0) is 4.79 Å². The van der Waals surface area contributed by atoms with Crippen molar-refractivity contribution in [2.24, 2.45) is 5.10 Å². The highest BCUT2D eigenvalue weighted by molar-refractivity contribution is 9.10. The number of hydrogen-bond acceptors (Lipinski definition) is 5. The standard InChI is InChI=1S/C16H14BrN3O3/c17-12-6-4-11(5-7-12)13(8-9-15(21)22)19-20-16(23)14-3-1-2-10-18-14/h1-7,10H,8-9H2,(H,20,23)(H,21,22)/p-1/b19-13-. The second-order valence-electron chi connectivity index (χ2n) is 4.59. The summed E-state index contributed by atoms with van der Waals surface area (Å²) in [6.45, 7) is 0. The highest BCUT2D eigenvalue weighted by Gasteiger charge is 2.08. The second-order valence-corrected chi connectivity index (χ2v) is 5.51. The van der Waals surface area contributed by atoms with Crippen LogP contribution in [0.15, 0.2) is 58.2 Å². The normalized spacial score (nSPS) is 11.1. The van der Waals surface area contributed by atoms with E-state index in [1.54, 1.807) is 30.3 Å². The van der Waals surface area contributed by atoms with E-state index >= 15 is 0 Å². The third-order valence-corrected chi connectivity index (χ3v) is 3.46. The number of hydrogen-bond donors (Lipinski definition) is 1. The Labute approximate surface area is 141 Å². The summed E-state index contributed by atoms with van der Waals surface area (Å²) < 4.78 is 0.887. The maximum Gasteiger partial charge on any atom is 0.289 e. The zero-order valence-corrected chi connectivity index (χ0v) is 13.6. The van der Waals surface area contributed by atoms with Crippen LogP contribution in [0.3, 0.4) is 0 Å². The maximum absolute atomic E-state index is 12.0. The number of carbonyl (C=O) groups is 2. The van der Waals surface area contributed by atoms with Crippen molar-refractivity contribution in [3.63, 3.8) is 0 Å². The fourth-order valence-electron chi connectivity index (χ4n) is 1.80. The first-order valence-corrected chi connectivity index (χ1v) is 7.59. The van der Waals surface area contributed by atoms with Crippen LogP contribution >= 0.6 is 15.9 Å². The Balaban J connectivity index is 2.17. The van der Waals surface area contributed by atoms with Crippen LogP contribution in [0.25, 0.3) is 0 Å². The van der Waals surface area contributed by atoms with Crippen LogP contribution in [0.4, 0.5) is 0 Å². The molecule has 0 aliphatic rings. The molecule has 1 aromatic heterocycles. The Bertz CT molecular complexity index is 715. The van der Waals surface area contributed by atoms with Gasteiger partial charge in [0.1, 0.15) is 5.69 Å². The van der Waals surface area contributed by atoms with Crippen LogP contribution in [0, 0.1) is 0 Å². The monoisotopic (exact) mass is 374 g/mol. The van der Waals surface area contributed by atoms with E-state index in [9.17, 15) is 14.7 Å². The molecule has 0 bridgehead atoms. The summed E-state index contributed by atoms with van der Waals surface area (Å²) in [5.74, 6) is -1.64. The first-order chi connectivity index (χ1) is 11.1. The van der Waals surface area contributed by atoms with Gasteiger partial charge in [-0.1, -0.05) is 34.1 Å². The number of aromatic nitrogens is 1. The second kappa shape index (κ2) is 8.19. The smallest absolute Gasteiger partial charge is 0.289 e. The Morgan fingerprint density at radius 1 is 1.13 bits per heavy atom. The Kier molecular flexibility index (Phi) is 5.99. The minimum Gasteiger partial charge on any atom is -0.550 e. The summed E-state index contributed by atoms with van der Waals surface area (Å²) in [5.41, 5.74) is 3.79. The van der Waals surface area contributed by atoms with Crippen LogP contribution in [0.1, 0.15) is 28.9 Å². The summed E-state index contributed by atoms with van der Waals surface area (Å²) in [6, 6.07) is 12.1. The quantitative estimate of drug-likeness (QED) is 0.612. The number of halogens is 1. The molecule has 0 aliphatic heterocycles. The molecule has 0 unspecified atom stereocenters. The van der Waals surface area contributed by atoms with Gasteiger partial charge in [0.05, 0.1) is 5.71 Å². The minimum absolute atomic E-state index is 0.145. The molecule has 1 heterocycles. The van der Waals surface area contributed by atoms with E-state index in [1.807, 2.05) is 12.1 Å². The molecule has 1 amide bonds. The van der Waals surface area contributed by atoms with Crippen LogP contribution in [-0.4, -0.2) is 22.6 Å². The first-order valence-electron chi connectivity index (χ1n) is 6.80. The maximum atomic E-state index is 12.0. The molecular weight excluding hydrogens is 362 g/mol. The van der Waals surface area contributed by atoms with Gasteiger partial charge in [0.15, 0.2) is 0 Å². The molecule has 0 radical (unpaired) electrons. The summed E-state index contributed by atoms with van der Waals surface area (Å²) in [7, 11) is 0. The molecule has 7 heteroatoms. The van der Waals surface area contributed by atoms with Crippen molar-refractivity contribution in [3.05, 3.63) is 64.4 Å². The van der Waals surface area contributed by atoms with E-state index in [0.717, 1.165) is 10.0 Å². The molecular formula is C16H13BrN3O3-. The van der Waals surface area contributed by atoms with Gasteiger partial charge in [-0.2, -0.15) is 5.10 Å². The van der Waals surface area contributed by atoms with Gasteiger partial charge in [0.2, 0.25) is 0 Å². The number of aliphatic carboxylic acids is 1. The molecule has 1 aromatic carbocycles. The van der Waals surface area contributed by atoms with Gasteiger partial charge in [0, 0.05) is 16.6 Å². The Hall–Kier alpha value is -2.54. The van der Waals surface area contributed by atoms with Crippen LogP contribution < -0.4 is 10.5 Å². The SMILES string of the molecule is O=C([O-])CC/C(=N/NC(=O)c1ccccn1)c1ccc(Br)cc1. The number of carbonyl (C=O) groups excluding carboxylic acids is 2. The average Bonchev–Trinajstić information content (AvgIpc) is 2.56. The summed E-state index contributed by atoms with van der Waals surface area (Å²) in [4.78, 5) is 26.6. The highest BCUT2D eigenvalue weighted by atomic mass is 79.9. The molecule has 0 saturated heterocycles. The van der Waals surface area contributed by atoms with E-state index in [2.05, 4.69) is 31.4 Å². The number of pyridine rings is 1. The van der Waals surface area contributed by atoms with Crippen LogP contribution in [0.2, 0.25) is 0 Å². The average molecular weight is 375 g/mol. The molecule has 0 saturated carbocycles. The lowest BCUT2D eigenvalue weighted by atomic mass is 10.1. The number of carboxylic acid groups (broad SMARTS) is 1. The third kappa shape index (κ3) is 5.30. The Morgan fingerprint density at radius 3 is 2.48 bits per heavy atom. The molecule has 6 nitrogen and oxygen atoms in total. The topological polar surface area (TPSA) is 94.5 Å². The summed E-state index contributed by atoms with van der Waals surface area (Å²) in [5, 5.41) is 14.7. The zero-order valence-electron chi connectivity index (χ0n) is 12.0. The largest absolute Gasteiger partial charge is 0.550 e. The first kappa shape index (κ1) is 16.8. The fraction of sp³-hybridized carbons (Fsp3) is 0.125. The van der Waals surface area contributed by atoms with Gasteiger partial charge in [-0.05, 0) is 42.7 Å². The molecule has 2 rings (SSSR count). The van der Waals surface area contributed by atoms with Crippen LogP contribution in [0.5, 0.6) is 0 Å². The van der Waals surface area contributed by atoms with Gasteiger partial charge in [-0.3, -0.25) is 9.78 Å². The number of nitrogens with zero attached hydrogens (tertiary/aromatic N) is 2. The summed E-state index contributed by atoms with van der Waals surface area (Å²) >= 11 is 3.33. The van der Waals surface area contributed by atoms with Gasteiger partial charge < -0.3 is 9.90 Å². The molecule has 118 valence electrons. The molecule has 0 atom stereocenters. The molecule has 1 N–H and O–H groups in total. The van der Waals surface area contributed by atoms with Gasteiger partial charge >= 0.3 is 0 Å². The predicted molar refractivity (Wildman–Crippen MR) is 86.6 cm³/mol. The van der Waals surface area contributed by atoms with Crippen molar-refractivity contribution in [1.29, 1.82) is 0 Å². The van der Waals surface area contributed by atoms with Crippen molar-refractivity contribution < 1.29 is 14.7 Å². The molecule has 0 aliphatic carbocycles. The molecule has 23 heavy (non-hydrogen) atoms. The highest BCUT2D eigenvalue weighted by Crippen LogP contribution is 2.13. The van der Waals surface area contributed by atoms with E-state index in [-0.39, 0.29) is 18.5 Å². The van der Waals surface area contributed by atoms with E-state index in [4.69, 9.17) is 0 Å². The lowest BCUT2D eigenvalue weighted by Crippen LogP contribution is -2.24. The molecule has 2 aromatic rings. The minimum atomic E-state index is -1.18. The lowest BCUT2D eigenvalue weighted by molar-refractivity contribution is -0.305.